The first-order valence-corrected chi connectivity index (χ1v) is 6.27. The van der Waals surface area contributed by atoms with E-state index in [4.69, 9.17) is 5.11 Å². The van der Waals surface area contributed by atoms with Crippen LogP contribution in [0.2, 0.25) is 0 Å². The number of rotatable bonds is 7. The molecule has 0 fully saturated rings. The Bertz CT molecular complexity index is 409. The Labute approximate surface area is 112 Å². The van der Waals surface area contributed by atoms with Crippen LogP contribution in [0.15, 0.2) is 24.5 Å². The molecular formula is C13H19N3O3. The highest BCUT2D eigenvalue weighted by Gasteiger charge is 2.16. The van der Waals surface area contributed by atoms with E-state index in [0.29, 0.717) is 13.0 Å². The Hall–Kier alpha value is -2.11. The number of amides is 2. The highest BCUT2D eigenvalue weighted by molar-refractivity contribution is 5.75. The summed E-state index contributed by atoms with van der Waals surface area (Å²) < 4.78 is 0. The van der Waals surface area contributed by atoms with Crippen molar-refractivity contribution in [1.29, 1.82) is 0 Å². The number of urea groups is 1. The van der Waals surface area contributed by atoms with E-state index in [1.165, 1.54) is 0 Å². The van der Waals surface area contributed by atoms with Crippen molar-refractivity contribution in [2.45, 2.75) is 26.3 Å². The Morgan fingerprint density at radius 2 is 2.21 bits per heavy atom. The molecule has 0 radical (unpaired) electrons. The van der Waals surface area contributed by atoms with Crippen molar-refractivity contribution in [3.63, 3.8) is 0 Å². The number of carbonyl (C=O) groups is 2. The van der Waals surface area contributed by atoms with Gasteiger partial charge in [0.2, 0.25) is 0 Å². The van der Waals surface area contributed by atoms with Gasteiger partial charge in [0.05, 0.1) is 5.92 Å². The van der Waals surface area contributed by atoms with Gasteiger partial charge in [-0.2, -0.15) is 0 Å². The predicted octanol–water partition coefficient (Wildman–Crippen LogP) is 1.38. The minimum atomic E-state index is -0.880. The molecule has 0 aromatic carbocycles. The van der Waals surface area contributed by atoms with Gasteiger partial charge >= 0.3 is 12.0 Å². The molecule has 1 unspecified atom stereocenters. The molecule has 104 valence electrons. The van der Waals surface area contributed by atoms with Crippen LogP contribution in [0.3, 0.4) is 0 Å². The highest BCUT2D eigenvalue weighted by Crippen LogP contribution is 2.04. The molecule has 0 saturated heterocycles. The van der Waals surface area contributed by atoms with Crippen LogP contribution in [-0.2, 0) is 11.3 Å². The van der Waals surface area contributed by atoms with Crippen LogP contribution >= 0.6 is 0 Å². The molecule has 0 spiro atoms. The van der Waals surface area contributed by atoms with Crippen LogP contribution < -0.4 is 10.6 Å². The molecule has 1 aromatic heterocycles. The lowest BCUT2D eigenvalue weighted by Crippen LogP contribution is -2.39. The summed E-state index contributed by atoms with van der Waals surface area (Å²) in [6.45, 7) is 2.42. The Balaban J connectivity index is 2.29. The van der Waals surface area contributed by atoms with Crippen LogP contribution in [0.5, 0.6) is 0 Å². The molecule has 0 saturated carbocycles. The zero-order valence-corrected chi connectivity index (χ0v) is 10.9. The zero-order chi connectivity index (χ0) is 14.1. The van der Waals surface area contributed by atoms with Crippen molar-refractivity contribution < 1.29 is 14.7 Å². The predicted molar refractivity (Wildman–Crippen MR) is 70.5 cm³/mol. The molecule has 0 aliphatic heterocycles. The molecule has 19 heavy (non-hydrogen) atoms. The zero-order valence-electron chi connectivity index (χ0n) is 10.9. The number of nitrogens with zero attached hydrogens (tertiary/aromatic N) is 1. The van der Waals surface area contributed by atoms with Crippen LogP contribution in [0.1, 0.15) is 25.3 Å². The molecule has 1 rings (SSSR count). The van der Waals surface area contributed by atoms with E-state index >= 15 is 0 Å². The standard InChI is InChI=1S/C13H19N3O3/c1-2-4-11(12(17)18)9-16-13(19)15-8-10-5-3-6-14-7-10/h3,5-7,11H,2,4,8-9H2,1H3,(H,17,18)(H2,15,16,19). The number of pyridine rings is 1. The van der Waals surface area contributed by atoms with Gasteiger partial charge < -0.3 is 15.7 Å². The molecule has 6 nitrogen and oxygen atoms in total. The second-order valence-electron chi connectivity index (χ2n) is 4.25. The summed E-state index contributed by atoms with van der Waals surface area (Å²) in [7, 11) is 0. The third-order valence-electron chi connectivity index (χ3n) is 2.67. The van der Waals surface area contributed by atoms with E-state index < -0.39 is 11.9 Å². The first-order chi connectivity index (χ1) is 9.13. The van der Waals surface area contributed by atoms with Crippen molar-refractivity contribution in [3.8, 4) is 0 Å². The fourth-order valence-electron chi connectivity index (χ4n) is 1.62. The van der Waals surface area contributed by atoms with Crippen molar-refractivity contribution in [2.24, 2.45) is 5.92 Å². The van der Waals surface area contributed by atoms with E-state index in [1.54, 1.807) is 18.5 Å². The lowest BCUT2D eigenvalue weighted by molar-refractivity contribution is -0.141. The lowest BCUT2D eigenvalue weighted by Gasteiger charge is -2.13. The lowest BCUT2D eigenvalue weighted by atomic mass is 10.0. The molecule has 1 atom stereocenters. The van der Waals surface area contributed by atoms with E-state index in [9.17, 15) is 9.59 Å². The second-order valence-corrected chi connectivity index (χ2v) is 4.25. The maximum Gasteiger partial charge on any atom is 0.315 e. The molecule has 0 aliphatic carbocycles. The van der Waals surface area contributed by atoms with Crippen molar-refractivity contribution in [2.75, 3.05) is 6.54 Å². The normalized spacial score (nSPS) is 11.6. The Morgan fingerprint density at radius 3 is 2.79 bits per heavy atom. The van der Waals surface area contributed by atoms with Gasteiger partial charge in [0.1, 0.15) is 0 Å². The topological polar surface area (TPSA) is 91.3 Å². The number of carboxylic acids is 1. The number of nitrogens with one attached hydrogen (secondary N) is 2. The van der Waals surface area contributed by atoms with Gasteiger partial charge in [0.25, 0.3) is 0 Å². The second kappa shape index (κ2) is 8.07. The smallest absolute Gasteiger partial charge is 0.315 e. The quantitative estimate of drug-likeness (QED) is 0.694. The van der Waals surface area contributed by atoms with E-state index in [0.717, 1.165) is 12.0 Å². The summed E-state index contributed by atoms with van der Waals surface area (Å²) in [4.78, 5) is 26.3. The average molecular weight is 265 g/mol. The maximum atomic E-state index is 11.5. The van der Waals surface area contributed by atoms with Crippen LogP contribution in [0, 0.1) is 5.92 Å². The molecular weight excluding hydrogens is 246 g/mol. The number of carbonyl (C=O) groups excluding carboxylic acids is 1. The number of hydrogen-bond donors (Lipinski definition) is 3. The average Bonchev–Trinajstić information content (AvgIpc) is 2.42. The monoisotopic (exact) mass is 265 g/mol. The molecule has 2 amide bonds. The first kappa shape index (κ1) is 14.9. The van der Waals surface area contributed by atoms with Crippen molar-refractivity contribution >= 4 is 12.0 Å². The van der Waals surface area contributed by atoms with Gasteiger partial charge in [-0.15, -0.1) is 0 Å². The van der Waals surface area contributed by atoms with Gasteiger partial charge in [0, 0.05) is 25.5 Å². The third kappa shape index (κ3) is 5.85. The van der Waals surface area contributed by atoms with E-state index in [1.807, 2.05) is 13.0 Å². The molecule has 1 aromatic rings. The number of aromatic nitrogens is 1. The van der Waals surface area contributed by atoms with Gasteiger partial charge in [-0.3, -0.25) is 9.78 Å². The molecule has 3 N–H and O–H groups in total. The summed E-state index contributed by atoms with van der Waals surface area (Å²) in [5.74, 6) is -1.41. The number of hydrogen-bond acceptors (Lipinski definition) is 3. The van der Waals surface area contributed by atoms with Crippen LogP contribution in [0.4, 0.5) is 4.79 Å². The maximum absolute atomic E-state index is 11.5. The summed E-state index contributed by atoms with van der Waals surface area (Å²) in [6, 6.07) is 3.27. The van der Waals surface area contributed by atoms with Gasteiger partial charge in [-0.25, -0.2) is 4.79 Å². The van der Waals surface area contributed by atoms with Gasteiger partial charge in [-0.05, 0) is 18.1 Å². The minimum absolute atomic E-state index is 0.141. The fraction of sp³-hybridized carbons (Fsp3) is 0.462. The summed E-state index contributed by atoms with van der Waals surface area (Å²) in [6.07, 6.45) is 4.65. The van der Waals surface area contributed by atoms with Crippen molar-refractivity contribution in [1.82, 2.24) is 15.6 Å². The first-order valence-electron chi connectivity index (χ1n) is 6.27. The molecule has 0 aliphatic rings. The number of aliphatic carboxylic acids is 1. The van der Waals surface area contributed by atoms with E-state index in [-0.39, 0.29) is 12.6 Å². The summed E-state index contributed by atoms with van der Waals surface area (Å²) in [5.41, 5.74) is 0.890. The Morgan fingerprint density at radius 1 is 1.42 bits per heavy atom. The van der Waals surface area contributed by atoms with Crippen LogP contribution in [-0.4, -0.2) is 28.6 Å². The summed E-state index contributed by atoms with van der Waals surface area (Å²) in [5, 5.41) is 14.2. The summed E-state index contributed by atoms with van der Waals surface area (Å²) >= 11 is 0. The largest absolute Gasteiger partial charge is 0.481 e. The van der Waals surface area contributed by atoms with Gasteiger partial charge in [0.15, 0.2) is 0 Å². The van der Waals surface area contributed by atoms with E-state index in [2.05, 4.69) is 15.6 Å². The minimum Gasteiger partial charge on any atom is -0.481 e. The molecule has 1 heterocycles. The fourth-order valence-corrected chi connectivity index (χ4v) is 1.62. The number of carboxylic acid groups (broad SMARTS) is 1. The van der Waals surface area contributed by atoms with Crippen molar-refractivity contribution in [3.05, 3.63) is 30.1 Å². The van der Waals surface area contributed by atoms with Crippen LogP contribution in [0.25, 0.3) is 0 Å². The highest BCUT2D eigenvalue weighted by atomic mass is 16.4. The molecule has 6 heteroatoms. The SMILES string of the molecule is CCCC(CNC(=O)NCc1cccnc1)C(=O)O. The van der Waals surface area contributed by atoms with Gasteiger partial charge in [-0.1, -0.05) is 19.4 Å². The molecule has 0 bridgehead atoms. The third-order valence-corrected chi connectivity index (χ3v) is 2.67. The Kier molecular flexibility index (Phi) is 6.35.